The average molecular weight is 238 g/mol. The molecule has 1 aromatic heterocycles. The molecule has 1 N–H and O–H groups in total. The molecular weight excluding hydrogens is 228 g/mol. The van der Waals surface area contributed by atoms with Crippen LogP contribution in [-0.2, 0) is 4.74 Å². The molecule has 0 fully saturated rings. The van der Waals surface area contributed by atoms with E-state index in [9.17, 15) is 17.6 Å². The molecule has 0 unspecified atom stereocenters. The van der Waals surface area contributed by atoms with E-state index in [2.05, 4.69) is 10.3 Å². The molecule has 3 nitrogen and oxygen atoms in total. The molecule has 0 bridgehead atoms. The highest BCUT2D eigenvalue weighted by Gasteiger charge is 2.19. The molecule has 1 aromatic rings. The minimum absolute atomic E-state index is 0.0323. The van der Waals surface area contributed by atoms with Crippen LogP contribution in [0.5, 0.6) is 0 Å². The second kappa shape index (κ2) is 5.64. The molecule has 0 saturated carbocycles. The van der Waals surface area contributed by atoms with E-state index in [1.165, 1.54) is 0 Å². The number of halogens is 4. The predicted octanol–water partition coefficient (Wildman–Crippen LogP) is 2.09. The van der Waals surface area contributed by atoms with Gasteiger partial charge in [-0.05, 0) is 6.92 Å². The van der Waals surface area contributed by atoms with Gasteiger partial charge in [0, 0.05) is 13.2 Å². The van der Waals surface area contributed by atoms with E-state index in [1.807, 2.05) is 0 Å². The molecule has 0 amide bonds. The van der Waals surface area contributed by atoms with E-state index in [1.54, 1.807) is 6.92 Å². The summed E-state index contributed by atoms with van der Waals surface area (Å²) in [5.74, 6) is -6.46. The zero-order chi connectivity index (χ0) is 12.1. The van der Waals surface area contributed by atoms with Crippen LogP contribution >= 0.6 is 0 Å². The first-order valence-electron chi connectivity index (χ1n) is 4.59. The summed E-state index contributed by atoms with van der Waals surface area (Å²) in [5.41, 5.74) is -0.871. The molecule has 0 aromatic carbocycles. The molecule has 7 heteroatoms. The van der Waals surface area contributed by atoms with Gasteiger partial charge in [-0.1, -0.05) is 0 Å². The zero-order valence-corrected chi connectivity index (χ0v) is 8.49. The average Bonchev–Trinajstić information content (AvgIpc) is 2.25. The molecule has 0 aliphatic carbocycles. The molecule has 1 rings (SSSR count). The minimum atomic E-state index is -1.68. The smallest absolute Gasteiger partial charge is 0.253 e. The highest BCUT2D eigenvalue weighted by Crippen LogP contribution is 2.21. The number of nitrogens with one attached hydrogen (secondary N) is 1. The number of hydrogen-bond acceptors (Lipinski definition) is 3. The van der Waals surface area contributed by atoms with Crippen molar-refractivity contribution in [3.05, 3.63) is 23.5 Å². The second-order valence-corrected chi connectivity index (χ2v) is 2.82. The number of pyridine rings is 1. The van der Waals surface area contributed by atoms with Gasteiger partial charge in [0.2, 0.25) is 11.6 Å². The van der Waals surface area contributed by atoms with Crippen LogP contribution in [0, 0.1) is 23.5 Å². The van der Waals surface area contributed by atoms with Crippen molar-refractivity contribution in [2.24, 2.45) is 0 Å². The van der Waals surface area contributed by atoms with Crippen molar-refractivity contribution in [2.75, 3.05) is 25.1 Å². The summed E-state index contributed by atoms with van der Waals surface area (Å²) >= 11 is 0. The van der Waals surface area contributed by atoms with Crippen LogP contribution in [-0.4, -0.2) is 24.7 Å². The van der Waals surface area contributed by atoms with Crippen LogP contribution in [0.1, 0.15) is 6.92 Å². The highest BCUT2D eigenvalue weighted by atomic mass is 19.2. The summed E-state index contributed by atoms with van der Waals surface area (Å²) < 4.78 is 56.2. The molecular formula is C9H10F4N2O. The second-order valence-electron chi connectivity index (χ2n) is 2.82. The molecule has 16 heavy (non-hydrogen) atoms. The minimum Gasteiger partial charge on any atom is -0.380 e. The van der Waals surface area contributed by atoms with Crippen molar-refractivity contribution >= 4 is 5.69 Å². The molecule has 0 radical (unpaired) electrons. The maximum atomic E-state index is 13.0. The van der Waals surface area contributed by atoms with Crippen LogP contribution in [0.3, 0.4) is 0 Å². The number of nitrogens with zero attached hydrogens (tertiary/aromatic N) is 1. The summed E-state index contributed by atoms with van der Waals surface area (Å²) in [6, 6.07) is 0. The lowest BCUT2D eigenvalue weighted by atomic mass is 10.3. The SMILES string of the molecule is CCOCCNc1c(F)c(F)nc(F)c1F. The molecule has 0 saturated heterocycles. The monoisotopic (exact) mass is 238 g/mol. The third kappa shape index (κ3) is 2.82. The Balaban J connectivity index is 2.78. The van der Waals surface area contributed by atoms with E-state index in [4.69, 9.17) is 4.74 Å². The van der Waals surface area contributed by atoms with E-state index in [-0.39, 0.29) is 13.2 Å². The van der Waals surface area contributed by atoms with Crippen molar-refractivity contribution in [3.8, 4) is 0 Å². The molecule has 0 aliphatic heterocycles. The normalized spacial score (nSPS) is 10.6. The van der Waals surface area contributed by atoms with E-state index >= 15 is 0 Å². The van der Waals surface area contributed by atoms with Gasteiger partial charge in [0.05, 0.1) is 6.61 Å². The van der Waals surface area contributed by atoms with Crippen molar-refractivity contribution in [1.29, 1.82) is 0 Å². The number of ether oxygens (including phenoxy) is 1. The molecule has 0 atom stereocenters. The Hall–Kier alpha value is -1.37. The van der Waals surface area contributed by atoms with E-state index < -0.39 is 29.2 Å². The summed E-state index contributed by atoms with van der Waals surface area (Å²) in [5, 5.41) is 2.20. The number of aromatic nitrogens is 1. The lowest BCUT2D eigenvalue weighted by Gasteiger charge is -2.08. The van der Waals surface area contributed by atoms with Gasteiger partial charge in [0.15, 0.2) is 0 Å². The maximum Gasteiger partial charge on any atom is 0.253 e. The maximum absolute atomic E-state index is 13.0. The van der Waals surface area contributed by atoms with Crippen molar-refractivity contribution in [3.63, 3.8) is 0 Å². The van der Waals surface area contributed by atoms with Crippen LogP contribution in [0.25, 0.3) is 0 Å². The summed E-state index contributed by atoms with van der Waals surface area (Å²) in [7, 11) is 0. The van der Waals surface area contributed by atoms with Gasteiger partial charge in [-0.3, -0.25) is 0 Å². The summed E-state index contributed by atoms with van der Waals surface area (Å²) in [6.07, 6.45) is 0. The fraction of sp³-hybridized carbons (Fsp3) is 0.444. The van der Waals surface area contributed by atoms with Gasteiger partial charge in [-0.2, -0.15) is 22.5 Å². The van der Waals surface area contributed by atoms with Crippen molar-refractivity contribution in [2.45, 2.75) is 6.92 Å². The fourth-order valence-electron chi connectivity index (χ4n) is 1.03. The Morgan fingerprint density at radius 2 is 1.69 bits per heavy atom. The number of rotatable bonds is 5. The van der Waals surface area contributed by atoms with Gasteiger partial charge in [-0.25, -0.2) is 0 Å². The van der Waals surface area contributed by atoms with Crippen LogP contribution in [0.15, 0.2) is 0 Å². The third-order valence-corrected chi connectivity index (χ3v) is 1.75. The highest BCUT2D eigenvalue weighted by molar-refractivity contribution is 5.45. The Kier molecular flexibility index (Phi) is 4.48. The quantitative estimate of drug-likeness (QED) is 0.484. The number of anilines is 1. The first kappa shape index (κ1) is 12.7. The summed E-state index contributed by atoms with van der Waals surface area (Å²) in [4.78, 5) is 2.42. The molecule has 90 valence electrons. The lowest BCUT2D eigenvalue weighted by Crippen LogP contribution is -2.14. The Bertz CT molecular complexity index is 347. The van der Waals surface area contributed by atoms with Gasteiger partial charge in [0.25, 0.3) is 11.9 Å². The Morgan fingerprint density at radius 1 is 1.12 bits per heavy atom. The largest absolute Gasteiger partial charge is 0.380 e. The van der Waals surface area contributed by atoms with Crippen molar-refractivity contribution < 1.29 is 22.3 Å². The van der Waals surface area contributed by atoms with Gasteiger partial charge >= 0.3 is 0 Å². The molecule has 0 spiro atoms. The Morgan fingerprint density at radius 3 is 2.19 bits per heavy atom. The third-order valence-electron chi connectivity index (χ3n) is 1.75. The predicted molar refractivity (Wildman–Crippen MR) is 49.1 cm³/mol. The van der Waals surface area contributed by atoms with Crippen LogP contribution in [0.4, 0.5) is 23.2 Å². The Labute approximate surface area is 89.4 Å². The standard InChI is InChI=1S/C9H10F4N2O/c1-2-16-4-3-14-7-5(10)8(12)15-9(13)6(7)11/h2-4H2,1H3,(H,14,15). The van der Waals surface area contributed by atoms with Gasteiger partial charge in [0.1, 0.15) is 5.69 Å². The van der Waals surface area contributed by atoms with Crippen molar-refractivity contribution in [1.82, 2.24) is 4.98 Å². The van der Waals surface area contributed by atoms with Crippen LogP contribution < -0.4 is 5.32 Å². The summed E-state index contributed by atoms with van der Waals surface area (Å²) in [6.45, 7) is 2.38. The number of hydrogen-bond donors (Lipinski definition) is 1. The first-order valence-corrected chi connectivity index (χ1v) is 4.59. The topological polar surface area (TPSA) is 34.1 Å². The first-order chi connectivity index (χ1) is 7.57. The van der Waals surface area contributed by atoms with Crippen LogP contribution in [0.2, 0.25) is 0 Å². The lowest BCUT2D eigenvalue weighted by molar-refractivity contribution is 0.158. The zero-order valence-electron chi connectivity index (χ0n) is 8.49. The fourth-order valence-corrected chi connectivity index (χ4v) is 1.03. The van der Waals surface area contributed by atoms with Gasteiger partial charge in [-0.15, -0.1) is 0 Å². The van der Waals surface area contributed by atoms with E-state index in [0.717, 1.165) is 0 Å². The molecule has 1 heterocycles. The van der Waals surface area contributed by atoms with E-state index in [0.29, 0.717) is 6.61 Å². The van der Waals surface area contributed by atoms with Gasteiger partial charge < -0.3 is 10.1 Å². The molecule has 0 aliphatic rings.